The minimum absolute atomic E-state index is 0.0447. The molecular weight excluding hydrogens is 361 g/mol. The highest BCUT2D eigenvalue weighted by Gasteiger charge is 2.37. The predicted octanol–water partition coefficient (Wildman–Crippen LogP) is 1.12. The molecule has 0 radical (unpaired) electrons. The molecular formula is C18H16ClFN3O3+. The van der Waals surface area contributed by atoms with Crippen LogP contribution >= 0.6 is 11.6 Å². The lowest BCUT2D eigenvalue weighted by atomic mass is 10.1. The quantitative estimate of drug-likeness (QED) is 0.768. The lowest BCUT2D eigenvalue weighted by molar-refractivity contribution is -0.869. The summed E-state index contributed by atoms with van der Waals surface area (Å²) in [4.78, 5) is 38.2. The average Bonchev–Trinajstić information content (AvgIpc) is 2.81. The lowest BCUT2D eigenvalue weighted by Gasteiger charge is -2.21. The Kier molecular flexibility index (Phi) is 5.01. The molecule has 0 saturated carbocycles. The molecule has 2 aromatic carbocycles. The van der Waals surface area contributed by atoms with Crippen molar-refractivity contribution in [1.82, 2.24) is 0 Å². The van der Waals surface area contributed by atoms with Gasteiger partial charge in [-0.25, -0.2) is 4.39 Å². The molecule has 1 unspecified atom stereocenters. The summed E-state index contributed by atoms with van der Waals surface area (Å²) in [6, 6.07) is 10.5. The van der Waals surface area contributed by atoms with Gasteiger partial charge in [0.2, 0.25) is 0 Å². The van der Waals surface area contributed by atoms with Gasteiger partial charge in [-0.05, 0) is 30.3 Å². The van der Waals surface area contributed by atoms with Crippen LogP contribution in [-0.2, 0) is 9.59 Å². The minimum Gasteiger partial charge on any atom is -0.320 e. The van der Waals surface area contributed by atoms with Crippen molar-refractivity contribution in [2.75, 3.05) is 30.5 Å². The van der Waals surface area contributed by atoms with E-state index in [9.17, 15) is 18.8 Å². The topological polar surface area (TPSA) is 70.9 Å². The maximum absolute atomic E-state index is 13.3. The number of carbonyl (C=O) groups is 3. The molecule has 1 heterocycles. The van der Waals surface area contributed by atoms with E-state index in [0.717, 1.165) is 6.07 Å². The number of carbonyl (C=O) groups excluding carboxylic acids is 3. The van der Waals surface area contributed by atoms with Gasteiger partial charge in [0.25, 0.3) is 11.7 Å². The summed E-state index contributed by atoms with van der Waals surface area (Å²) in [7, 11) is 1.71. The Morgan fingerprint density at radius 1 is 1.23 bits per heavy atom. The first-order valence-electron chi connectivity index (χ1n) is 7.88. The first-order valence-corrected chi connectivity index (χ1v) is 8.26. The van der Waals surface area contributed by atoms with Crippen molar-refractivity contribution in [1.29, 1.82) is 0 Å². The molecule has 0 spiro atoms. The van der Waals surface area contributed by atoms with Gasteiger partial charge in [0.05, 0.1) is 29.0 Å². The van der Waals surface area contributed by atoms with Gasteiger partial charge < -0.3 is 10.2 Å². The molecule has 8 heteroatoms. The highest BCUT2D eigenvalue weighted by atomic mass is 35.5. The Morgan fingerprint density at radius 3 is 2.69 bits per heavy atom. The molecule has 0 bridgehead atoms. The van der Waals surface area contributed by atoms with Crippen molar-refractivity contribution >= 4 is 40.6 Å². The van der Waals surface area contributed by atoms with Gasteiger partial charge >= 0.3 is 5.91 Å². The van der Waals surface area contributed by atoms with Crippen LogP contribution in [-0.4, -0.2) is 37.9 Å². The van der Waals surface area contributed by atoms with E-state index in [4.69, 9.17) is 11.6 Å². The van der Waals surface area contributed by atoms with E-state index >= 15 is 0 Å². The summed E-state index contributed by atoms with van der Waals surface area (Å²) in [5.74, 6) is -2.33. The zero-order valence-electron chi connectivity index (χ0n) is 13.9. The monoisotopic (exact) mass is 376 g/mol. The van der Waals surface area contributed by atoms with Gasteiger partial charge in [-0.2, -0.15) is 0 Å². The maximum atomic E-state index is 13.3. The Hall–Kier alpha value is -2.77. The molecule has 1 atom stereocenters. The van der Waals surface area contributed by atoms with Gasteiger partial charge in [-0.15, -0.1) is 0 Å². The molecule has 26 heavy (non-hydrogen) atoms. The lowest BCUT2D eigenvalue weighted by Crippen LogP contribution is -3.12. The third-order valence-electron chi connectivity index (χ3n) is 3.97. The van der Waals surface area contributed by atoms with Crippen LogP contribution in [0.2, 0.25) is 5.02 Å². The van der Waals surface area contributed by atoms with Crippen LogP contribution in [0.3, 0.4) is 0 Å². The Balaban J connectivity index is 1.66. The molecule has 2 aromatic rings. The van der Waals surface area contributed by atoms with E-state index in [1.54, 1.807) is 31.3 Å². The summed E-state index contributed by atoms with van der Waals surface area (Å²) in [6.07, 6.45) is 0. The largest absolute Gasteiger partial charge is 0.320 e. The van der Waals surface area contributed by atoms with Crippen LogP contribution < -0.4 is 15.1 Å². The number of fused-ring (bicyclic) bond motifs is 1. The van der Waals surface area contributed by atoms with Crippen molar-refractivity contribution in [3.8, 4) is 0 Å². The van der Waals surface area contributed by atoms with Gasteiger partial charge in [0, 0.05) is 0 Å². The van der Waals surface area contributed by atoms with Crippen molar-refractivity contribution < 1.29 is 23.7 Å². The summed E-state index contributed by atoms with van der Waals surface area (Å²) in [5.41, 5.74) is 0.899. The molecule has 1 aliphatic rings. The highest BCUT2D eigenvalue weighted by Crippen LogP contribution is 2.28. The van der Waals surface area contributed by atoms with E-state index in [1.807, 2.05) is 0 Å². The van der Waals surface area contributed by atoms with Crippen LogP contribution in [0, 0.1) is 5.82 Å². The fourth-order valence-corrected chi connectivity index (χ4v) is 2.97. The highest BCUT2D eigenvalue weighted by molar-refractivity contribution is 6.52. The van der Waals surface area contributed by atoms with Crippen LogP contribution in [0.15, 0.2) is 42.5 Å². The molecule has 2 amide bonds. The standard InChI is InChI=1S/C18H15ClFN3O3/c1-22(9-16(24)21-14-5-3-2-4-13(14)19)10-23-15-7-6-11(20)8-12(15)17(25)18(23)26/h2-8H,9-10H2,1H3,(H,21,24)/p+1. The third-order valence-corrected chi connectivity index (χ3v) is 4.30. The van der Waals surface area contributed by atoms with Gasteiger partial charge in [0.1, 0.15) is 5.82 Å². The Bertz CT molecular complexity index is 903. The number of nitrogens with one attached hydrogen (secondary N) is 2. The summed E-state index contributed by atoms with van der Waals surface area (Å²) in [6.45, 7) is 0.152. The molecule has 0 aromatic heterocycles. The van der Waals surface area contributed by atoms with Gasteiger partial charge in [0.15, 0.2) is 13.2 Å². The first-order chi connectivity index (χ1) is 12.4. The second-order valence-electron chi connectivity index (χ2n) is 6.04. The fourth-order valence-electron chi connectivity index (χ4n) is 2.79. The van der Waals surface area contributed by atoms with Crippen LogP contribution in [0.5, 0.6) is 0 Å². The number of ketones is 1. The Morgan fingerprint density at radius 2 is 1.96 bits per heavy atom. The SMILES string of the molecule is C[NH+](CC(=O)Nc1ccccc1Cl)CN1C(=O)C(=O)c2cc(F)ccc21. The number of halogens is 2. The van der Waals surface area contributed by atoms with Gasteiger partial charge in [-0.3, -0.25) is 19.3 Å². The summed E-state index contributed by atoms with van der Waals surface area (Å²) < 4.78 is 13.3. The number of hydrogen-bond acceptors (Lipinski definition) is 3. The van der Waals surface area contributed by atoms with Crippen LogP contribution in [0.25, 0.3) is 0 Å². The Labute approximate surface area is 154 Å². The maximum Gasteiger partial charge on any atom is 0.303 e. The van der Waals surface area contributed by atoms with E-state index < -0.39 is 17.5 Å². The number of likely N-dealkylation sites (N-methyl/N-ethyl adjacent to an activating group) is 1. The van der Waals surface area contributed by atoms with Crippen LogP contribution in [0.1, 0.15) is 10.4 Å². The molecule has 0 aliphatic carbocycles. The number of benzene rings is 2. The predicted molar refractivity (Wildman–Crippen MR) is 94.9 cm³/mol. The second kappa shape index (κ2) is 7.23. The number of amides is 2. The summed E-state index contributed by atoms with van der Waals surface area (Å²) >= 11 is 6.00. The zero-order chi connectivity index (χ0) is 18.8. The van der Waals surface area contributed by atoms with Crippen molar-refractivity contribution in [3.05, 3.63) is 58.9 Å². The zero-order valence-corrected chi connectivity index (χ0v) is 14.6. The first kappa shape index (κ1) is 18.0. The average molecular weight is 377 g/mol. The molecule has 1 aliphatic heterocycles. The van der Waals surface area contributed by atoms with Crippen molar-refractivity contribution in [2.45, 2.75) is 0 Å². The number of quaternary nitrogens is 1. The number of Topliss-reactive ketones (excluding diaryl/α,β-unsaturated/α-hetero) is 1. The summed E-state index contributed by atoms with van der Waals surface area (Å²) in [5, 5.41) is 3.13. The number of hydrogen-bond donors (Lipinski definition) is 2. The van der Waals surface area contributed by atoms with Crippen molar-refractivity contribution in [3.63, 3.8) is 0 Å². The van der Waals surface area contributed by atoms with E-state index in [0.29, 0.717) is 21.3 Å². The van der Waals surface area contributed by atoms with E-state index in [-0.39, 0.29) is 24.7 Å². The van der Waals surface area contributed by atoms with E-state index in [2.05, 4.69) is 5.32 Å². The molecule has 2 N–H and O–H groups in total. The van der Waals surface area contributed by atoms with Crippen molar-refractivity contribution in [2.24, 2.45) is 0 Å². The molecule has 0 saturated heterocycles. The molecule has 6 nitrogen and oxygen atoms in total. The number of anilines is 2. The normalized spacial score (nSPS) is 14.3. The number of para-hydroxylation sites is 1. The minimum atomic E-state index is -0.743. The molecule has 3 rings (SSSR count). The van der Waals surface area contributed by atoms with Gasteiger partial charge in [-0.1, -0.05) is 23.7 Å². The number of rotatable bonds is 5. The smallest absolute Gasteiger partial charge is 0.303 e. The number of nitrogens with zero attached hydrogens (tertiary/aromatic N) is 1. The van der Waals surface area contributed by atoms with E-state index in [1.165, 1.54) is 17.0 Å². The fraction of sp³-hybridized carbons (Fsp3) is 0.167. The second-order valence-corrected chi connectivity index (χ2v) is 6.45. The van der Waals surface area contributed by atoms with Crippen LogP contribution in [0.4, 0.5) is 15.8 Å². The molecule has 0 fully saturated rings. The third kappa shape index (κ3) is 3.58. The molecule has 134 valence electrons.